The largest absolute Gasteiger partial charge is 0.461 e. The second kappa shape index (κ2) is 6.85. The predicted octanol–water partition coefficient (Wildman–Crippen LogP) is 2.43. The molecule has 0 amide bonds. The van der Waals surface area contributed by atoms with Gasteiger partial charge in [-0.25, -0.2) is 0 Å². The van der Waals surface area contributed by atoms with E-state index in [9.17, 15) is 14.7 Å². The molecule has 0 aromatic heterocycles. The van der Waals surface area contributed by atoms with Crippen molar-refractivity contribution in [1.29, 1.82) is 0 Å². The Morgan fingerprint density at radius 3 is 2.58 bits per heavy atom. The number of carbonyl (C=O) groups is 2. The summed E-state index contributed by atoms with van der Waals surface area (Å²) in [4.78, 5) is 21.9. The van der Waals surface area contributed by atoms with Crippen LogP contribution in [0.25, 0.3) is 0 Å². The van der Waals surface area contributed by atoms with Crippen LogP contribution in [0.15, 0.2) is 35.9 Å². The molecule has 0 spiro atoms. The minimum absolute atomic E-state index is 0.0466. The molecule has 4 heteroatoms. The normalized spacial score (nSPS) is 12.9. The van der Waals surface area contributed by atoms with Gasteiger partial charge in [0.15, 0.2) is 5.78 Å². The zero-order valence-electron chi connectivity index (χ0n) is 11.3. The van der Waals surface area contributed by atoms with Gasteiger partial charge in [0.25, 0.3) is 0 Å². The number of benzene rings is 1. The third-order valence-corrected chi connectivity index (χ3v) is 2.58. The van der Waals surface area contributed by atoms with Gasteiger partial charge in [0.1, 0.15) is 6.61 Å². The third kappa shape index (κ3) is 5.06. The number of ketones is 1. The number of aliphatic hydroxyl groups is 1. The second-order valence-electron chi connectivity index (χ2n) is 4.42. The van der Waals surface area contributed by atoms with E-state index < -0.39 is 6.10 Å². The van der Waals surface area contributed by atoms with E-state index in [0.29, 0.717) is 11.1 Å². The standard InChI is InChI=1S/C15H18O4/c1-10(9-19-12(3)17)7-15(18)14-6-4-5-13(8-14)11(2)16/h4-8,15,18H,9H2,1-3H3. The highest BCUT2D eigenvalue weighted by Crippen LogP contribution is 2.18. The number of Topliss-reactive ketones (excluding diaryl/α,β-unsaturated/α-hetero) is 1. The van der Waals surface area contributed by atoms with E-state index in [-0.39, 0.29) is 18.4 Å². The lowest BCUT2D eigenvalue weighted by molar-refractivity contribution is -0.139. The van der Waals surface area contributed by atoms with Crippen LogP contribution in [-0.4, -0.2) is 23.5 Å². The van der Waals surface area contributed by atoms with Crippen LogP contribution in [-0.2, 0) is 9.53 Å². The van der Waals surface area contributed by atoms with Crippen molar-refractivity contribution >= 4 is 11.8 Å². The fourth-order valence-corrected chi connectivity index (χ4v) is 1.57. The minimum Gasteiger partial charge on any atom is -0.461 e. The van der Waals surface area contributed by atoms with Gasteiger partial charge >= 0.3 is 5.97 Å². The quantitative estimate of drug-likeness (QED) is 0.503. The van der Waals surface area contributed by atoms with Crippen molar-refractivity contribution in [3.63, 3.8) is 0 Å². The Kier molecular flexibility index (Phi) is 5.45. The number of hydrogen-bond donors (Lipinski definition) is 1. The van der Waals surface area contributed by atoms with Crippen molar-refractivity contribution < 1.29 is 19.4 Å². The van der Waals surface area contributed by atoms with Crippen LogP contribution in [0.2, 0.25) is 0 Å². The van der Waals surface area contributed by atoms with E-state index >= 15 is 0 Å². The fraction of sp³-hybridized carbons (Fsp3) is 0.333. The molecule has 1 atom stereocenters. The summed E-state index contributed by atoms with van der Waals surface area (Å²) >= 11 is 0. The molecule has 1 rings (SSSR count). The van der Waals surface area contributed by atoms with Gasteiger partial charge in [0.05, 0.1) is 6.10 Å². The van der Waals surface area contributed by atoms with Crippen LogP contribution in [0.1, 0.15) is 42.8 Å². The van der Waals surface area contributed by atoms with Gasteiger partial charge in [-0.3, -0.25) is 9.59 Å². The molecule has 0 fully saturated rings. The Morgan fingerprint density at radius 2 is 2.00 bits per heavy atom. The first-order valence-corrected chi connectivity index (χ1v) is 5.99. The summed E-state index contributed by atoms with van der Waals surface area (Å²) in [5.41, 5.74) is 1.94. The van der Waals surface area contributed by atoms with E-state index in [4.69, 9.17) is 4.74 Å². The molecule has 0 bridgehead atoms. The van der Waals surface area contributed by atoms with E-state index in [0.717, 1.165) is 5.57 Å². The summed E-state index contributed by atoms with van der Waals surface area (Å²) in [6, 6.07) is 6.83. The summed E-state index contributed by atoms with van der Waals surface area (Å²) < 4.78 is 4.83. The Morgan fingerprint density at radius 1 is 1.32 bits per heavy atom. The highest BCUT2D eigenvalue weighted by Gasteiger charge is 2.08. The lowest BCUT2D eigenvalue weighted by Crippen LogP contribution is -2.03. The van der Waals surface area contributed by atoms with Gasteiger partial charge in [-0.1, -0.05) is 18.2 Å². The van der Waals surface area contributed by atoms with Crippen molar-refractivity contribution in [3.05, 3.63) is 47.0 Å². The topological polar surface area (TPSA) is 63.6 Å². The van der Waals surface area contributed by atoms with E-state index in [1.807, 2.05) is 0 Å². The van der Waals surface area contributed by atoms with Crippen molar-refractivity contribution in [2.75, 3.05) is 6.61 Å². The first-order valence-electron chi connectivity index (χ1n) is 5.99. The zero-order chi connectivity index (χ0) is 14.4. The van der Waals surface area contributed by atoms with Gasteiger partial charge in [0.2, 0.25) is 0 Å². The van der Waals surface area contributed by atoms with Crippen LogP contribution < -0.4 is 0 Å². The van der Waals surface area contributed by atoms with Crippen LogP contribution in [0.3, 0.4) is 0 Å². The highest BCUT2D eigenvalue weighted by atomic mass is 16.5. The van der Waals surface area contributed by atoms with E-state index in [1.54, 1.807) is 37.3 Å². The summed E-state index contributed by atoms with van der Waals surface area (Å²) in [5, 5.41) is 10.0. The predicted molar refractivity (Wildman–Crippen MR) is 71.8 cm³/mol. The molecule has 1 aromatic carbocycles. The lowest BCUT2D eigenvalue weighted by atomic mass is 10.0. The molecular weight excluding hydrogens is 244 g/mol. The molecule has 19 heavy (non-hydrogen) atoms. The second-order valence-corrected chi connectivity index (χ2v) is 4.42. The summed E-state index contributed by atoms with van der Waals surface area (Å²) in [7, 11) is 0. The first-order chi connectivity index (χ1) is 8.90. The van der Waals surface area contributed by atoms with E-state index in [2.05, 4.69) is 0 Å². The Balaban J connectivity index is 2.79. The molecular formula is C15H18O4. The summed E-state index contributed by atoms with van der Waals surface area (Å²) in [6.45, 7) is 4.73. The maximum absolute atomic E-state index is 11.3. The van der Waals surface area contributed by atoms with E-state index in [1.165, 1.54) is 13.8 Å². The lowest BCUT2D eigenvalue weighted by Gasteiger charge is -2.09. The van der Waals surface area contributed by atoms with Crippen LogP contribution in [0.4, 0.5) is 0 Å². The van der Waals surface area contributed by atoms with Crippen molar-refractivity contribution in [2.24, 2.45) is 0 Å². The van der Waals surface area contributed by atoms with Gasteiger partial charge in [-0.05, 0) is 37.1 Å². The van der Waals surface area contributed by atoms with Crippen LogP contribution in [0, 0.1) is 0 Å². The molecule has 0 aliphatic carbocycles. The van der Waals surface area contributed by atoms with Crippen LogP contribution in [0.5, 0.6) is 0 Å². The maximum Gasteiger partial charge on any atom is 0.302 e. The Hall–Kier alpha value is -1.94. The van der Waals surface area contributed by atoms with Crippen molar-refractivity contribution in [3.8, 4) is 0 Å². The Labute approximate surface area is 112 Å². The highest BCUT2D eigenvalue weighted by molar-refractivity contribution is 5.94. The molecule has 0 saturated heterocycles. The Bertz CT molecular complexity index is 503. The minimum atomic E-state index is -0.824. The molecule has 0 saturated carbocycles. The molecule has 0 radical (unpaired) electrons. The molecule has 4 nitrogen and oxygen atoms in total. The summed E-state index contributed by atoms with van der Waals surface area (Å²) in [6.07, 6.45) is 0.775. The van der Waals surface area contributed by atoms with Crippen molar-refractivity contribution in [2.45, 2.75) is 26.9 Å². The number of esters is 1. The first kappa shape index (κ1) is 15.1. The van der Waals surface area contributed by atoms with Gasteiger partial charge in [0, 0.05) is 12.5 Å². The van der Waals surface area contributed by atoms with Crippen LogP contribution >= 0.6 is 0 Å². The molecule has 0 aliphatic heterocycles. The van der Waals surface area contributed by atoms with Crippen molar-refractivity contribution in [1.82, 2.24) is 0 Å². The average molecular weight is 262 g/mol. The van der Waals surface area contributed by atoms with Gasteiger partial charge in [-0.2, -0.15) is 0 Å². The molecule has 1 unspecified atom stereocenters. The molecule has 1 N–H and O–H groups in total. The number of carbonyl (C=O) groups excluding carboxylic acids is 2. The number of hydrogen-bond acceptors (Lipinski definition) is 4. The smallest absolute Gasteiger partial charge is 0.302 e. The number of aliphatic hydroxyl groups excluding tert-OH is 1. The number of rotatable bonds is 5. The molecule has 0 aliphatic rings. The molecule has 0 heterocycles. The average Bonchev–Trinajstić information content (AvgIpc) is 2.36. The third-order valence-electron chi connectivity index (χ3n) is 2.58. The number of ether oxygens (including phenoxy) is 1. The van der Waals surface area contributed by atoms with Gasteiger partial charge in [-0.15, -0.1) is 0 Å². The van der Waals surface area contributed by atoms with Gasteiger partial charge < -0.3 is 9.84 Å². The molecule has 1 aromatic rings. The SMILES string of the molecule is CC(=O)OCC(C)=CC(O)c1cccc(C(C)=O)c1. The zero-order valence-corrected chi connectivity index (χ0v) is 11.3. The molecule has 102 valence electrons. The monoisotopic (exact) mass is 262 g/mol. The fourth-order valence-electron chi connectivity index (χ4n) is 1.57. The summed E-state index contributed by atoms with van der Waals surface area (Å²) in [5.74, 6) is -0.407. The maximum atomic E-state index is 11.3.